The smallest absolute Gasteiger partial charge is 0.231 e. The monoisotopic (exact) mass is 381 g/mol. The average molecular weight is 382 g/mol. The van der Waals surface area contributed by atoms with Gasteiger partial charge in [0.1, 0.15) is 0 Å². The van der Waals surface area contributed by atoms with E-state index in [1.54, 1.807) is 0 Å². The van der Waals surface area contributed by atoms with Crippen LogP contribution in [0.15, 0.2) is 59.4 Å². The van der Waals surface area contributed by atoms with E-state index < -0.39 is 0 Å². The molecule has 1 atom stereocenters. The predicted molar refractivity (Wildman–Crippen MR) is 106 cm³/mol. The van der Waals surface area contributed by atoms with Crippen LogP contribution in [0.2, 0.25) is 0 Å². The summed E-state index contributed by atoms with van der Waals surface area (Å²) < 4.78 is 7.61. The van der Waals surface area contributed by atoms with E-state index in [0.29, 0.717) is 11.7 Å². The molecule has 0 spiro atoms. The molecule has 27 heavy (non-hydrogen) atoms. The standard InChI is InChI=1S/C20H19N5O.ClH/c1-2-4-18-17(3-1)22-13-25(18)12-14-5-7-15(8-6-14)19-23-20(26-24-19)16-9-10-21-11-16;/h1-8,13,16,21H,9-12H2;1H/t16-;/m0./s1. The summed E-state index contributed by atoms with van der Waals surface area (Å²) in [6, 6.07) is 16.5. The number of para-hydroxylation sites is 2. The fourth-order valence-electron chi connectivity index (χ4n) is 3.48. The Labute approximate surface area is 163 Å². The molecular weight excluding hydrogens is 362 g/mol. The van der Waals surface area contributed by atoms with Crippen LogP contribution in [0.25, 0.3) is 22.4 Å². The zero-order chi connectivity index (χ0) is 17.3. The van der Waals surface area contributed by atoms with E-state index >= 15 is 0 Å². The van der Waals surface area contributed by atoms with Gasteiger partial charge in [-0.25, -0.2) is 4.98 Å². The van der Waals surface area contributed by atoms with Crippen molar-refractivity contribution < 1.29 is 4.52 Å². The van der Waals surface area contributed by atoms with Crippen molar-refractivity contribution in [1.29, 1.82) is 0 Å². The first-order valence-corrected chi connectivity index (χ1v) is 8.90. The average Bonchev–Trinajstić information content (AvgIpc) is 3.43. The summed E-state index contributed by atoms with van der Waals surface area (Å²) in [5.74, 6) is 1.73. The van der Waals surface area contributed by atoms with Crippen molar-refractivity contribution in [2.75, 3.05) is 13.1 Å². The Morgan fingerprint density at radius 2 is 1.96 bits per heavy atom. The van der Waals surface area contributed by atoms with Crippen molar-refractivity contribution in [2.45, 2.75) is 18.9 Å². The second kappa shape index (κ2) is 7.50. The zero-order valence-electron chi connectivity index (χ0n) is 14.7. The Kier molecular flexibility index (Phi) is 4.92. The number of rotatable bonds is 4. The molecule has 0 unspecified atom stereocenters. The maximum Gasteiger partial charge on any atom is 0.231 e. The van der Waals surface area contributed by atoms with E-state index in [0.717, 1.165) is 48.5 Å². The summed E-state index contributed by atoms with van der Waals surface area (Å²) in [5, 5.41) is 7.47. The Hall–Kier alpha value is -2.70. The van der Waals surface area contributed by atoms with Gasteiger partial charge in [0.15, 0.2) is 0 Å². The van der Waals surface area contributed by atoms with E-state index in [9.17, 15) is 0 Å². The number of hydrogen-bond donors (Lipinski definition) is 1. The number of aromatic nitrogens is 4. The Morgan fingerprint density at radius 3 is 2.78 bits per heavy atom. The summed E-state index contributed by atoms with van der Waals surface area (Å²) in [5.41, 5.74) is 4.35. The highest BCUT2D eigenvalue weighted by atomic mass is 35.5. The first-order valence-electron chi connectivity index (χ1n) is 8.90. The maximum absolute atomic E-state index is 5.45. The molecule has 1 fully saturated rings. The SMILES string of the molecule is Cl.c1ccc2c(c1)ncn2Cc1ccc(-c2noc([C@H]3CCNC3)n2)cc1. The fourth-order valence-corrected chi connectivity index (χ4v) is 3.48. The lowest BCUT2D eigenvalue weighted by atomic mass is 10.1. The van der Waals surface area contributed by atoms with Crippen LogP contribution in [0.1, 0.15) is 23.8 Å². The van der Waals surface area contributed by atoms with Gasteiger partial charge < -0.3 is 14.4 Å². The first kappa shape index (κ1) is 17.7. The van der Waals surface area contributed by atoms with Crippen LogP contribution in [-0.4, -0.2) is 32.8 Å². The van der Waals surface area contributed by atoms with Gasteiger partial charge in [-0.2, -0.15) is 4.98 Å². The lowest BCUT2D eigenvalue weighted by molar-refractivity contribution is 0.359. The fraction of sp³-hybridized carbons (Fsp3) is 0.250. The van der Waals surface area contributed by atoms with E-state index in [1.165, 1.54) is 5.56 Å². The van der Waals surface area contributed by atoms with Gasteiger partial charge in [0.2, 0.25) is 11.7 Å². The quantitative estimate of drug-likeness (QED) is 0.584. The first-order chi connectivity index (χ1) is 12.9. The maximum atomic E-state index is 5.45. The lowest BCUT2D eigenvalue weighted by Crippen LogP contribution is -2.08. The van der Waals surface area contributed by atoms with E-state index in [2.05, 4.69) is 55.3 Å². The number of fused-ring (bicyclic) bond motifs is 1. The van der Waals surface area contributed by atoms with Gasteiger partial charge in [-0.15, -0.1) is 12.4 Å². The second-order valence-corrected chi connectivity index (χ2v) is 6.70. The van der Waals surface area contributed by atoms with Crippen LogP contribution in [0.3, 0.4) is 0 Å². The normalized spacial score (nSPS) is 16.5. The third-order valence-electron chi connectivity index (χ3n) is 4.94. The van der Waals surface area contributed by atoms with Crippen LogP contribution in [0, 0.1) is 0 Å². The van der Waals surface area contributed by atoms with Crippen molar-refractivity contribution in [3.8, 4) is 11.4 Å². The summed E-state index contributed by atoms with van der Waals surface area (Å²) in [7, 11) is 0. The predicted octanol–water partition coefficient (Wildman–Crippen LogP) is 3.63. The number of halogens is 1. The van der Waals surface area contributed by atoms with E-state index in [4.69, 9.17) is 4.52 Å². The van der Waals surface area contributed by atoms with Crippen LogP contribution < -0.4 is 5.32 Å². The van der Waals surface area contributed by atoms with Gasteiger partial charge in [-0.05, 0) is 30.7 Å². The molecule has 138 valence electrons. The van der Waals surface area contributed by atoms with Crippen molar-refractivity contribution in [3.05, 3.63) is 66.3 Å². The third kappa shape index (κ3) is 3.46. The van der Waals surface area contributed by atoms with Gasteiger partial charge >= 0.3 is 0 Å². The largest absolute Gasteiger partial charge is 0.339 e. The molecular formula is C20H20ClN5O. The molecule has 3 heterocycles. The molecule has 0 aliphatic carbocycles. The molecule has 1 N–H and O–H groups in total. The molecule has 2 aromatic carbocycles. The summed E-state index contributed by atoms with van der Waals surface area (Å²) in [6.45, 7) is 2.71. The number of imidazole rings is 1. The molecule has 5 rings (SSSR count). The number of nitrogens with zero attached hydrogens (tertiary/aromatic N) is 4. The Balaban J connectivity index is 0.00000180. The van der Waals surface area contributed by atoms with E-state index in [-0.39, 0.29) is 12.4 Å². The van der Waals surface area contributed by atoms with Gasteiger partial charge in [0.05, 0.1) is 23.3 Å². The van der Waals surface area contributed by atoms with Crippen LogP contribution >= 0.6 is 12.4 Å². The van der Waals surface area contributed by atoms with E-state index in [1.807, 2.05) is 24.5 Å². The molecule has 0 bridgehead atoms. The minimum absolute atomic E-state index is 0. The summed E-state index contributed by atoms with van der Waals surface area (Å²) in [6.07, 6.45) is 2.94. The highest BCUT2D eigenvalue weighted by molar-refractivity contribution is 5.85. The minimum Gasteiger partial charge on any atom is -0.339 e. The molecule has 1 saturated heterocycles. The molecule has 1 aliphatic heterocycles. The van der Waals surface area contributed by atoms with Crippen molar-refractivity contribution >= 4 is 23.4 Å². The Bertz CT molecular complexity index is 1030. The van der Waals surface area contributed by atoms with Gasteiger partial charge in [-0.3, -0.25) is 0 Å². The summed E-state index contributed by atoms with van der Waals surface area (Å²) in [4.78, 5) is 9.02. The van der Waals surface area contributed by atoms with Crippen molar-refractivity contribution in [2.24, 2.45) is 0 Å². The Morgan fingerprint density at radius 1 is 1.11 bits per heavy atom. The molecule has 4 aromatic rings. The number of benzene rings is 2. The molecule has 0 amide bonds. The van der Waals surface area contributed by atoms with Crippen molar-refractivity contribution in [1.82, 2.24) is 25.0 Å². The third-order valence-corrected chi connectivity index (χ3v) is 4.94. The van der Waals surface area contributed by atoms with Gasteiger partial charge in [-0.1, -0.05) is 41.6 Å². The molecule has 1 aliphatic rings. The zero-order valence-corrected chi connectivity index (χ0v) is 15.5. The van der Waals surface area contributed by atoms with Gasteiger partial charge in [0.25, 0.3) is 0 Å². The topological polar surface area (TPSA) is 68.8 Å². The molecule has 7 heteroatoms. The minimum atomic E-state index is 0. The van der Waals surface area contributed by atoms with Gasteiger partial charge in [0, 0.05) is 18.7 Å². The number of hydrogen-bond acceptors (Lipinski definition) is 5. The second-order valence-electron chi connectivity index (χ2n) is 6.70. The summed E-state index contributed by atoms with van der Waals surface area (Å²) >= 11 is 0. The molecule has 0 radical (unpaired) electrons. The van der Waals surface area contributed by atoms with Crippen molar-refractivity contribution in [3.63, 3.8) is 0 Å². The molecule has 6 nitrogen and oxygen atoms in total. The highest BCUT2D eigenvalue weighted by Gasteiger charge is 2.23. The van der Waals surface area contributed by atoms with Crippen LogP contribution in [0.4, 0.5) is 0 Å². The molecule has 0 saturated carbocycles. The van der Waals surface area contributed by atoms with Crippen LogP contribution in [0.5, 0.6) is 0 Å². The van der Waals surface area contributed by atoms with Crippen LogP contribution in [-0.2, 0) is 6.54 Å². The number of nitrogens with one attached hydrogen (secondary N) is 1. The highest BCUT2D eigenvalue weighted by Crippen LogP contribution is 2.24. The lowest BCUT2D eigenvalue weighted by Gasteiger charge is -2.05. The molecule has 2 aromatic heterocycles.